The minimum absolute atomic E-state index is 0.00604. The standard InChI is InChI=1S/C24H22N6O/c1-15(2)30-22-19(29(4)24(30)31)13-25-23-20(22)18(11-10-16-8-6-5-7-9-16)21(27-23)17-12-26-28(3)14-17/h5-9,12-15H,1-4H3,(H,25,27). The summed E-state index contributed by atoms with van der Waals surface area (Å²) in [6.45, 7) is 4.02. The summed E-state index contributed by atoms with van der Waals surface area (Å²) >= 11 is 0. The van der Waals surface area contributed by atoms with Crippen molar-refractivity contribution in [2.75, 3.05) is 0 Å². The summed E-state index contributed by atoms with van der Waals surface area (Å²) in [6.07, 6.45) is 5.49. The Kier molecular flexibility index (Phi) is 4.29. The van der Waals surface area contributed by atoms with Gasteiger partial charge in [-0.25, -0.2) is 9.78 Å². The van der Waals surface area contributed by atoms with E-state index in [9.17, 15) is 4.79 Å². The topological polar surface area (TPSA) is 73.4 Å². The molecule has 0 amide bonds. The Morgan fingerprint density at radius 2 is 1.84 bits per heavy atom. The van der Waals surface area contributed by atoms with E-state index < -0.39 is 0 Å². The van der Waals surface area contributed by atoms with E-state index in [-0.39, 0.29) is 11.7 Å². The molecule has 7 heteroatoms. The molecule has 0 aliphatic carbocycles. The second-order valence-electron chi connectivity index (χ2n) is 7.91. The number of aromatic nitrogens is 6. The molecule has 0 atom stereocenters. The van der Waals surface area contributed by atoms with E-state index in [1.807, 2.05) is 62.0 Å². The van der Waals surface area contributed by atoms with E-state index in [0.717, 1.165) is 38.8 Å². The number of hydrogen-bond acceptors (Lipinski definition) is 3. The first-order valence-electron chi connectivity index (χ1n) is 10.1. The third-order valence-corrected chi connectivity index (χ3v) is 5.49. The summed E-state index contributed by atoms with van der Waals surface area (Å²) in [5, 5.41) is 5.17. The van der Waals surface area contributed by atoms with Crippen molar-refractivity contribution in [2.24, 2.45) is 14.1 Å². The molecule has 0 saturated heterocycles. The lowest BCUT2D eigenvalue weighted by molar-refractivity contribution is 0.584. The normalized spacial score (nSPS) is 11.4. The molecule has 4 heterocycles. The zero-order valence-corrected chi connectivity index (χ0v) is 17.8. The predicted molar refractivity (Wildman–Crippen MR) is 122 cm³/mol. The van der Waals surface area contributed by atoms with Crippen LogP contribution in [-0.4, -0.2) is 28.9 Å². The van der Waals surface area contributed by atoms with Crippen LogP contribution in [0.15, 0.2) is 53.7 Å². The van der Waals surface area contributed by atoms with Gasteiger partial charge in [-0.05, 0) is 26.0 Å². The molecule has 0 aliphatic heterocycles. The average molecular weight is 410 g/mol. The molecular weight excluding hydrogens is 388 g/mol. The maximum Gasteiger partial charge on any atom is 0.329 e. The molecule has 0 fully saturated rings. The van der Waals surface area contributed by atoms with Gasteiger partial charge in [-0.1, -0.05) is 30.0 Å². The number of aryl methyl sites for hydroxylation is 2. The number of nitrogens with one attached hydrogen (secondary N) is 1. The molecule has 0 spiro atoms. The molecule has 0 radical (unpaired) electrons. The van der Waals surface area contributed by atoms with Gasteiger partial charge in [-0.2, -0.15) is 5.10 Å². The zero-order valence-electron chi connectivity index (χ0n) is 17.8. The summed E-state index contributed by atoms with van der Waals surface area (Å²) in [6, 6.07) is 9.85. The van der Waals surface area contributed by atoms with Crippen LogP contribution in [0.25, 0.3) is 33.3 Å². The van der Waals surface area contributed by atoms with Gasteiger partial charge in [0.15, 0.2) is 0 Å². The van der Waals surface area contributed by atoms with Gasteiger partial charge in [0.2, 0.25) is 0 Å². The highest BCUT2D eigenvalue weighted by Gasteiger charge is 2.22. The van der Waals surface area contributed by atoms with Crippen molar-refractivity contribution in [2.45, 2.75) is 19.9 Å². The monoisotopic (exact) mass is 410 g/mol. The van der Waals surface area contributed by atoms with E-state index in [4.69, 9.17) is 0 Å². The Labute approximate surface area is 179 Å². The quantitative estimate of drug-likeness (QED) is 0.452. The molecule has 5 rings (SSSR count). The van der Waals surface area contributed by atoms with Gasteiger partial charge < -0.3 is 4.98 Å². The van der Waals surface area contributed by atoms with E-state index in [1.165, 1.54) is 0 Å². The molecule has 31 heavy (non-hydrogen) atoms. The lowest BCUT2D eigenvalue weighted by Gasteiger charge is -2.07. The molecular formula is C24H22N6O. The molecule has 1 aromatic carbocycles. The Balaban J connectivity index is 1.92. The number of pyridine rings is 1. The highest BCUT2D eigenvalue weighted by molar-refractivity contribution is 6.08. The lowest BCUT2D eigenvalue weighted by Crippen LogP contribution is -2.23. The first-order chi connectivity index (χ1) is 15.0. The van der Waals surface area contributed by atoms with E-state index in [0.29, 0.717) is 5.65 Å². The first-order valence-corrected chi connectivity index (χ1v) is 10.1. The van der Waals surface area contributed by atoms with Crippen LogP contribution >= 0.6 is 0 Å². The number of fused-ring (bicyclic) bond motifs is 3. The third-order valence-electron chi connectivity index (χ3n) is 5.49. The zero-order chi connectivity index (χ0) is 21.7. The van der Waals surface area contributed by atoms with Crippen molar-refractivity contribution in [1.82, 2.24) is 28.9 Å². The van der Waals surface area contributed by atoms with Crippen molar-refractivity contribution < 1.29 is 0 Å². The fourth-order valence-electron chi connectivity index (χ4n) is 4.01. The largest absolute Gasteiger partial charge is 0.338 e. The molecule has 0 unspecified atom stereocenters. The fraction of sp³-hybridized carbons (Fsp3) is 0.208. The van der Waals surface area contributed by atoms with Gasteiger partial charge in [0.25, 0.3) is 0 Å². The SMILES string of the molecule is CC(C)n1c(=O)n(C)c2cnc3[nH]c(-c4cnn(C)c4)c(C#Cc4ccccc4)c3c21. The summed E-state index contributed by atoms with van der Waals surface area (Å²) in [7, 11) is 3.66. The molecule has 0 aliphatic rings. The average Bonchev–Trinajstić information content (AvgIpc) is 3.42. The Bertz CT molecular complexity index is 1550. The van der Waals surface area contributed by atoms with Crippen LogP contribution in [0.3, 0.4) is 0 Å². The van der Waals surface area contributed by atoms with Crippen molar-refractivity contribution >= 4 is 22.1 Å². The van der Waals surface area contributed by atoms with Gasteiger partial charge in [-0.15, -0.1) is 0 Å². The molecule has 5 aromatic rings. The van der Waals surface area contributed by atoms with Crippen molar-refractivity contribution in [1.29, 1.82) is 0 Å². The molecule has 0 saturated carbocycles. The number of nitrogens with zero attached hydrogens (tertiary/aromatic N) is 5. The summed E-state index contributed by atoms with van der Waals surface area (Å²) in [5.74, 6) is 6.64. The summed E-state index contributed by atoms with van der Waals surface area (Å²) in [5.41, 5.74) is 5.75. The van der Waals surface area contributed by atoms with E-state index >= 15 is 0 Å². The van der Waals surface area contributed by atoms with Crippen LogP contribution < -0.4 is 5.69 Å². The number of benzene rings is 1. The van der Waals surface area contributed by atoms with Crippen molar-refractivity contribution in [3.63, 3.8) is 0 Å². The molecule has 0 bridgehead atoms. The molecule has 1 N–H and O–H groups in total. The molecule has 154 valence electrons. The van der Waals surface area contributed by atoms with Gasteiger partial charge in [-0.3, -0.25) is 13.8 Å². The van der Waals surface area contributed by atoms with Crippen LogP contribution in [-0.2, 0) is 14.1 Å². The number of H-pyrrole nitrogens is 1. The predicted octanol–water partition coefficient (Wildman–Crippen LogP) is 3.60. The summed E-state index contributed by atoms with van der Waals surface area (Å²) < 4.78 is 5.21. The van der Waals surface area contributed by atoms with Crippen LogP contribution in [0.5, 0.6) is 0 Å². The van der Waals surface area contributed by atoms with Crippen LogP contribution in [0, 0.1) is 11.8 Å². The second kappa shape index (κ2) is 7.03. The van der Waals surface area contributed by atoms with Gasteiger partial charge in [0, 0.05) is 37.5 Å². The van der Waals surface area contributed by atoms with Gasteiger partial charge in [0.05, 0.1) is 40.1 Å². The molecule has 7 nitrogen and oxygen atoms in total. The van der Waals surface area contributed by atoms with Gasteiger partial charge >= 0.3 is 5.69 Å². The Morgan fingerprint density at radius 3 is 2.52 bits per heavy atom. The Hall–Kier alpha value is -4.05. The van der Waals surface area contributed by atoms with Crippen molar-refractivity contribution in [3.8, 4) is 23.1 Å². The smallest absolute Gasteiger partial charge is 0.329 e. The van der Waals surface area contributed by atoms with Crippen LogP contribution in [0.2, 0.25) is 0 Å². The second-order valence-corrected chi connectivity index (χ2v) is 7.91. The minimum atomic E-state index is -0.0644. The highest BCUT2D eigenvalue weighted by atomic mass is 16.1. The number of rotatable bonds is 2. The maximum atomic E-state index is 13.0. The number of aromatic amines is 1. The van der Waals surface area contributed by atoms with Gasteiger partial charge in [0.1, 0.15) is 5.65 Å². The van der Waals surface area contributed by atoms with E-state index in [2.05, 4.69) is 26.9 Å². The van der Waals surface area contributed by atoms with Crippen LogP contribution in [0.1, 0.15) is 31.0 Å². The van der Waals surface area contributed by atoms with Crippen LogP contribution in [0.4, 0.5) is 0 Å². The summed E-state index contributed by atoms with van der Waals surface area (Å²) in [4.78, 5) is 21.0. The van der Waals surface area contributed by atoms with Crippen molar-refractivity contribution in [3.05, 3.63) is 70.5 Å². The minimum Gasteiger partial charge on any atom is -0.338 e. The number of imidazole rings is 1. The molecule has 4 aromatic heterocycles. The Morgan fingerprint density at radius 1 is 1.06 bits per heavy atom. The highest BCUT2D eigenvalue weighted by Crippen LogP contribution is 2.34. The first kappa shape index (κ1) is 18.9. The third kappa shape index (κ3) is 2.96. The van der Waals surface area contributed by atoms with E-state index in [1.54, 1.807) is 28.7 Å². The lowest BCUT2D eigenvalue weighted by atomic mass is 10.1. The fourth-order valence-corrected chi connectivity index (χ4v) is 4.01. The number of hydrogen-bond donors (Lipinski definition) is 1. The maximum absolute atomic E-state index is 13.0.